The van der Waals surface area contributed by atoms with Crippen LogP contribution in [0, 0.1) is 20.8 Å². The molecule has 0 spiro atoms. The van der Waals surface area contributed by atoms with Gasteiger partial charge in [0.2, 0.25) is 0 Å². The lowest BCUT2D eigenvalue weighted by Gasteiger charge is -2.16. The molecule has 1 heterocycles. The molecule has 0 unspecified atom stereocenters. The van der Waals surface area contributed by atoms with Crippen LogP contribution in [0.5, 0.6) is 0 Å². The summed E-state index contributed by atoms with van der Waals surface area (Å²) in [6.07, 6.45) is 0. The van der Waals surface area contributed by atoms with E-state index in [0.717, 1.165) is 21.3 Å². The van der Waals surface area contributed by atoms with E-state index in [1.807, 2.05) is 26.0 Å². The highest BCUT2D eigenvalue weighted by Crippen LogP contribution is 2.31. The molecule has 0 aliphatic rings. The standard InChI is InChI=1S/C17H20BrNO2/c1-9(2)13-8-6-7-10(3)16(13)19-17(20)14-11(4)21-12(5)15(14)18/h6-9H,1-5H3,(H,19,20). The highest BCUT2D eigenvalue weighted by molar-refractivity contribution is 9.10. The van der Waals surface area contributed by atoms with Crippen molar-refractivity contribution in [2.45, 2.75) is 40.5 Å². The van der Waals surface area contributed by atoms with Crippen molar-refractivity contribution in [3.05, 3.63) is 50.9 Å². The molecule has 0 radical (unpaired) electrons. The van der Waals surface area contributed by atoms with Crippen molar-refractivity contribution in [2.75, 3.05) is 5.32 Å². The molecule has 0 atom stereocenters. The summed E-state index contributed by atoms with van der Waals surface area (Å²) < 4.78 is 6.22. The van der Waals surface area contributed by atoms with Gasteiger partial charge in [0.1, 0.15) is 11.5 Å². The van der Waals surface area contributed by atoms with Gasteiger partial charge >= 0.3 is 0 Å². The number of carbonyl (C=O) groups is 1. The normalized spacial score (nSPS) is 11.0. The van der Waals surface area contributed by atoms with E-state index in [9.17, 15) is 4.79 Å². The first-order chi connectivity index (χ1) is 9.82. The minimum Gasteiger partial charge on any atom is -0.465 e. The number of aryl methyl sites for hydroxylation is 3. The molecule has 1 aromatic carbocycles. The number of furan rings is 1. The third-order valence-electron chi connectivity index (χ3n) is 3.58. The Labute approximate surface area is 133 Å². The Bertz CT molecular complexity index is 686. The summed E-state index contributed by atoms with van der Waals surface area (Å²) in [6, 6.07) is 6.07. The Balaban J connectivity index is 2.41. The van der Waals surface area contributed by atoms with Crippen LogP contribution in [0.25, 0.3) is 0 Å². The van der Waals surface area contributed by atoms with E-state index in [1.165, 1.54) is 0 Å². The minimum atomic E-state index is -0.146. The first kappa shape index (κ1) is 15.8. The van der Waals surface area contributed by atoms with Crippen LogP contribution < -0.4 is 5.32 Å². The summed E-state index contributed by atoms with van der Waals surface area (Å²) in [5, 5.41) is 3.04. The Hall–Kier alpha value is -1.55. The second-order valence-electron chi connectivity index (χ2n) is 5.55. The molecule has 0 aliphatic heterocycles. The molecule has 112 valence electrons. The van der Waals surface area contributed by atoms with Gasteiger partial charge < -0.3 is 9.73 Å². The van der Waals surface area contributed by atoms with Crippen LogP contribution in [0.1, 0.15) is 52.8 Å². The number of hydrogen-bond donors (Lipinski definition) is 1. The Morgan fingerprint density at radius 1 is 1.19 bits per heavy atom. The quantitative estimate of drug-likeness (QED) is 0.812. The van der Waals surface area contributed by atoms with Crippen molar-refractivity contribution >= 4 is 27.5 Å². The van der Waals surface area contributed by atoms with E-state index in [1.54, 1.807) is 6.92 Å². The van der Waals surface area contributed by atoms with E-state index < -0.39 is 0 Å². The lowest BCUT2D eigenvalue weighted by molar-refractivity contribution is 0.102. The fourth-order valence-corrected chi connectivity index (χ4v) is 2.97. The molecule has 2 rings (SSSR count). The molecule has 0 saturated carbocycles. The lowest BCUT2D eigenvalue weighted by Crippen LogP contribution is -2.15. The monoisotopic (exact) mass is 349 g/mol. The maximum Gasteiger partial charge on any atom is 0.260 e. The molecular weight excluding hydrogens is 330 g/mol. The Kier molecular flexibility index (Phi) is 4.57. The summed E-state index contributed by atoms with van der Waals surface area (Å²) in [6.45, 7) is 9.88. The van der Waals surface area contributed by atoms with E-state index in [0.29, 0.717) is 23.0 Å². The predicted octanol–water partition coefficient (Wildman–Crippen LogP) is 5.34. The van der Waals surface area contributed by atoms with Gasteiger partial charge in [0.05, 0.1) is 10.0 Å². The third-order valence-corrected chi connectivity index (χ3v) is 4.53. The highest BCUT2D eigenvalue weighted by atomic mass is 79.9. The molecule has 0 saturated heterocycles. The summed E-state index contributed by atoms with van der Waals surface area (Å²) in [4.78, 5) is 12.6. The van der Waals surface area contributed by atoms with Crippen LogP contribution in [0.3, 0.4) is 0 Å². The maximum atomic E-state index is 12.6. The molecule has 0 aliphatic carbocycles. The van der Waals surface area contributed by atoms with Gasteiger partial charge in [-0.05, 0) is 53.7 Å². The minimum absolute atomic E-state index is 0.146. The van der Waals surface area contributed by atoms with Gasteiger partial charge in [-0.25, -0.2) is 0 Å². The first-order valence-corrected chi connectivity index (χ1v) is 7.78. The van der Waals surface area contributed by atoms with E-state index in [-0.39, 0.29) is 5.91 Å². The van der Waals surface area contributed by atoms with Crippen LogP contribution in [0.2, 0.25) is 0 Å². The molecule has 1 N–H and O–H groups in total. The van der Waals surface area contributed by atoms with Crippen LogP contribution in [-0.2, 0) is 0 Å². The molecule has 21 heavy (non-hydrogen) atoms. The summed E-state index contributed by atoms with van der Waals surface area (Å²) in [5.74, 6) is 1.53. The molecule has 1 aromatic heterocycles. The largest absolute Gasteiger partial charge is 0.465 e. The SMILES string of the molecule is Cc1cccc(C(C)C)c1NC(=O)c1c(C)oc(C)c1Br. The van der Waals surface area contributed by atoms with Crippen LogP contribution >= 0.6 is 15.9 Å². The lowest BCUT2D eigenvalue weighted by atomic mass is 9.98. The molecule has 1 amide bonds. The number of amides is 1. The molecule has 4 heteroatoms. The second kappa shape index (κ2) is 6.06. The van der Waals surface area contributed by atoms with Crippen LogP contribution in [0.15, 0.2) is 27.1 Å². The van der Waals surface area contributed by atoms with E-state index in [4.69, 9.17) is 4.42 Å². The van der Waals surface area contributed by atoms with Crippen molar-refractivity contribution in [1.82, 2.24) is 0 Å². The number of benzene rings is 1. The highest BCUT2D eigenvalue weighted by Gasteiger charge is 2.21. The first-order valence-electron chi connectivity index (χ1n) is 6.99. The molecule has 0 fully saturated rings. The van der Waals surface area contributed by atoms with Gasteiger partial charge in [-0.15, -0.1) is 0 Å². The van der Waals surface area contributed by atoms with Crippen molar-refractivity contribution < 1.29 is 9.21 Å². The number of para-hydroxylation sites is 1. The Morgan fingerprint density at radius 2 is 1.86 bits per heavy atom. The van der Waals surface area contributed by atoms with Crippen molar-refractivity contribution in [2.24, 2.45) is 0 Å². The number of anilines is 1. The summed E-state index contributed by atoms with van der Waals surface area (Å²) >= 11 is 3.43. The fourth-order valence-electron chi connectivity index (χ4n) is 2.43. The number of carbonyl (C=O) groups excluding carboxylic acids is 1. The second-order valence-corrected chi connectivity index (χ2v) is 6.34. The zero-order chi connectivity index (χ0) is 15.7. The fraction of sp³-hybridized carbons (Fsp3) is 0.353. The number of rotatable bonds is 3. The van der Waals surface area contributed by atoms with Gasteiger partial charge in [-0.1, -0.05) is 32.0 Å². The van der Waals surface area contributed by atoms with Crippen LogP contribution in [-0.4, -0.2) is 5.91 Å². The molecule has 2 aromatic rings. The van der Waals surface area contributed by atoms with Crippen molar-refractivity contribution in [3.63, 3.8) is 0 Å². The topological polar surface area (TPSA) is 42.2 Å². The number of hydrogen-bond acceptors (Lipinski definition) is 2. The van der Waals surface area contributed by atoms with Gasteiger partial charge in [0.25, 0.3) is 5.91 Å². The summed E-state index contributed by atoms with van der Waals surface area (Å²) in [5.41, 5.74) is 3.65. The van der Waals surface area contributed by atoms with Gasteiger partial charge in [0, 0.05) is 5.69 Å². The van der Waals surface area contributed by atoms with Gasteiger partial charge in [-0.2, -0.15) is 0 Å². The average Bonchev–Trinajstić information content (AvgIpc) is 2.65. The van der Waals surface area contributed by atoms with Gasteiger partial charge in [-0.3, -0.25) is 4.79 Å². The summed E-state index contributed by atoms with van der Waals surface area (Å²) in [7, 11) is 0. The molecule has 3 nitrogen and oxygen atoms in total. The van der Waals surface area contributed by atoms with Crippen molar-refractivity contribution in [1.29, 1.82) is 0 Å². The third kappa shape index (κ3) is 3.05. The molecule has 0 bridgehead atoms. The van der Waals surface area contributed by atoms with E-state index >= 15 is 0 Å². The smallest absolute Gasteiger partial charge is 0.260 e. The number of nitrogens with one attached hydrogen (secondary N) is 1. The van der Waals surface area contributed by atoms with Gasteiger partial charge in [0.15, 0.2) is 0 Å². The number of halogens is 1. The van der Waals surface area contributed by atoms with Crippen LogP contribution in [0.4, 0.5) is 5.69 Å². The average molecular weight is 350 g/mol. The van der Waals surface area contributed by atoms with E-state index in [2.05, 4.69) is 41.2 Å². The Morgan fingerprint density at radius 3 is 2.38 bits per heavy atom. The molecular formula is C17H20BrNO2. The zero-order valence-corrected chi connectivity index (χ0v) is 14.6. The predicted molar refractivity (Wildman–Crippen MR) is 89.1 cm³/mol. The zero-order valence-electron chi connectivity index (χ0n) is 13.0. The maximum absolute atomic E-state index is 12.6. The van der Waals surface area contributed by atoms with Crippen molar-refractivity contribution in [3.8, 4) is 0 Å².